The van der Waals surface area contributed by atoms with Gasteiger partial charge in [0.15, 0.2) is 0 Å². The first-order valence-corrected chi connectivity index (χ1v) is 5.70. The Morgan fingerprint density at radius 2 is 1.75 bits per heavy atom. The summed E-state index contributed by atoms with van der Waals surface area (Å²) < 4.78 is 13.6. The first-order chi connectivity index (χ1) is 7.77. The van der Waals surface area contributed by atoms with Gasteiger partial charge in [-0.05, 0) is 35.8 Å². The van der Waals surface area contributed by atoms with Crippen LogP contribution in [0, 0.1) is 5.82 Å². The number of hydrogen-bond donors (Lipinski definition) is 1. The molecule has 2 atom stereocenters. The minimum absolute atomic E-state index is 0.146. The van der Waals surface area contributed by atoms with E-state index in [4.69, 9.17) is 5.73 Å². The molecule has 0 bridgehead atoms. The van der Waals surface area contributed by atoms with Crippen LogP contribution in [0.1, 0.15) is 24.3 Å². The third kappa shape index (κ3) is 1.34. The Hall–Kier alpha value is -1.41. The third-order valence-electron chi connectivity index (χ3n) is 3.63. The molecule has 0 amide bonds. The Labute approximate surface area is 94.1 Å². The van der Waals surface area contributed by atoms with Crippen LogP contribution in [0.2, 0.25) is 0 Å². The molecule has 0 spiro atoms. The number of nitrogens with two attached hydrogens (primary N) is 1. The van der Waals surface area contributed by atoms with Crippen molar-refractivity contribution in [1.29, 1.82) is 0 Å². The molecule has 1 nitrogen and oxygen atoms in total. The highest BCUT2D eigenvalue weighted by Crippen LogP contribution is 2.39. The molecule has 3 rings (SSSR count). The smallest absolute Gasteiger partial charge is 0.131 e. The Kier molecular flexibility index (Phi) is 2.18. The summed E-state index contributed by atoms with van der Waals surface area (Å²) in [5.41, 5.74) is 7.19. The van der Waals surface area contributed by atoms with E-state index in [1.165, 1.54) is 11.6 Å². The van der Waals surface area contributed by atoms with Gasteiger partial charge in [-0.3, -0.25) is 0 Å². The molecule has 0 aromatic heterocycles. The highest BCUT2D eigenvalue weighted by atomic mass is 19.1. The summed E-state index contributed by atoms with van der Waals surface area (Å²) in [6.45, 7) is 0. The van der Waals surface area contributed by atoms with E-state index in [1.807, 2.05) is 18.2 Å². The quantitative estimate of drug-likeness (QED) is 0.776. The van der Waals surface area contributed by atoms with Gasteiger partial charge in [0, 0.05) is 11.4 Å². The summed E-state index contributed by atoms with van der Waals surface area (Å²) in [4.78, 5) is 0. The van der Waals surface area contributed by atoms with Gasteiger partial charge < -0.3 is 5.73 Å². The van der Waals surface area contributed by atoms with E-state index < -0.39 is 0 Å². The molecule has 0 aliphatic heterocycles. The molecule has 2 N–H and O–H groups in total. The number of fused-ring (bicyclic) bond motifs is 1. The number of benzene rings is 2. The van der Waals surface area contributed by atoms with Gasteiger partial charge in [-0.15, -0.1) is 0 Å². The van der Waals surface area contributed by atoms with Crippen LogP contribution < -0.4 is 5.73 Å². The van der Waals surface area contributed by atoms with Gasteiger partial charge >= 0.3 is 0 Å². The fourth-order valence-corrected chi connectivity index (χ4v) is 2.53. The second-order valence-corrected chi connectivity index (χ2v) is 4.53. The molecule has 1 fully saturated rings. The topological polar surface area (TPSA) is 26.0 Å². The van der Waals surface area contributed by atoms with Crippen molar-refractivity contribution in [3.63, 3.8) is 0 Å². The zero-order valence-corrected chi connectivity index (χ0v) is 8.99. The molecule has 0 unspecified atom stereocenters. The summed E-state index contributed by atoms with van der Waals surface area (Å²) in [6, 6.07) is 11.3. The second kappa shape index (κ2) is 3.56. The SMILES string of the molecule is N[C@H]1CC[C@@H]1c1cccc2c(F)cccc12. The van der Waals surface area contributed by atoms with Crippen LogP contribution in [0.15, 0.2) is 36.4 Å². The monoisotopic (exact) mass is 215 g/mol. The molecule has 16 heavy (non-hydrogen) atoms. The normalized spacial score (nSPS) is 24.4. The van der Waals surface area contributed by atoms with E-state index in [2.05, 4.69) is 6.07 Å². The van der Waals surface area contributed by atoms with Crippen LogP contribution in [0.25, 0.3) is 10.8 Å². The number of halogens is 1. The maximum absolute atomic E-state index is 13.6. The summed E-state index contributed by atoms with van der Waals surface area (Å²) in [5, 5.41) is 1.72. The van der Waals surface area contributed by atoms with Crippen LogP contribution in [0.5, 0.6) is 0 Å². The van der Waals surface area contributed by atoms with Crippen molar-refractivity contribution in [1.82, 2.24) is 0 Å². The van der Waals surface area contributed by atoms with E-state index >= 15 is 0 Å². The van der Waals surface area contributed by atoms with E-state index in [1.54, 1.807) is 6.07 Å². The first kappa shape index (κ1) is 9.79. The Balaban J connectivity index is 2.21. The van der Waals surface area contributed by atoms with Crippen molar-refractivity contribution in [2.45, 2.75) is 24.8 Å². The van der Waals surface area contributed by atoms with Gasteiger partial charge in [0.05, 0.1) is 0 Å². The Morgan fingerprint density at radius 3 is 2.44 bits per heavy atom. The third-order valence-corrected chi connectivity index (χ3v) is 3.63. The van der Waals surface area contributed by atoms with Gasteiger partial charge in [0.2, 0.25) is 0 Å². The van der Waals surface area contributed by atoms with Gasteiger partial charge in [0.25, 0.3) is 0 Å². The molecule has 0 radical (unpaired) electrons. The van der Waals surface area contributed by atoms with Crippen molar-refractivity contribution in [2.75, 3.05) is 0 Å². The fraction of sp³-hybridized carbons (Fsp3) is 0.286. The Morgan fingerprint density at radius 1 is 1.00 bits per heavy atom. The summed E-state index contributed by atoms with van der Waals surface area (Å²) in [7, 11) is 0. The van der Waals surface area contributed by atoms with Gasteiger partial charge in [-0.25, -0.2) is 4.39 Å². The largest absolute Gasteiger partial charge is 0.327 e. The minimum Gasteiger partial charge on any atom is -0.327 e. The molecule has 0 heterocycles. The molecule has 2 aromatic carbocycles. The van der Waals surface area contributed by atoms with Gasteiger partial charge in [0.1, 0.15) is 5.82 Å². The maximum atomic E-state index is 13.6. The zero-order valence-electron chi connectivity index (χ0n) is 8.99. The summed E-state index contributed by atoms with van der Waals surface area (Å²) >= 11 is 0. The van der Waals surface area contributed by atoms with Gasteiger partial charge in [-0.1, -0.05) is 30.3 Å². The standard InChI is InChI=1S/C14H14FN/c15-13-6-2-4-9-10(3-1-5-11(9)13)12-7-8-14(12)16/h1-6,12,14H,7-8,16H2/t12-,14+/m1/s1. The van der Waals surface area contributed by atoms with Crippen LogP contribution in [-0.2, 0) is 0 Å². The summed E-state index contributed by atoms with van der Waals surface area (Å²) in [5.74, 6) is 0.262. The van der Waals surface area contributed by atoms with E-state index in [0.717, 1.165) is 18.2 Å². The molecule has 0 saturated heterocycles. The lowest BCUT2D eigenvalue weighted by atomic mass is 9.74. The average Bonchev–Trinajstić information content (AvgIpc) is 2.29. The fourth-order valence-electron chi connectivity index (χ4n) is 2.53. The summed E-state index contributed by atoms with van der Waals surface area (Å²) in [6.07, 6.45) is 2.20. The average molecular weight is 215 g/mol. The van der Waals surface area contributed by atoms with Crippen molar-refractivity contribution >= 4 is 10.8 Å². The molecule has 82 valence electrons. The predicted octanol–water partition coefficient (Wildman–Crippen LogP) is 3.18. The highest BCUT2D eigenvalue weighted by Gasteiger charge is 2.29. The van der Waals surface area contributed by atoms with E-state index in [-0.39, 0.29) is 11.9 Å². The zero-order chi connectivity index (χ0) is 11.1. The van der Waals surface area contributed by atoms with Crippen LogP contribution in [-0.4, -0.2) is 6.04 Å². The minimum atomic E-state index is -0.146. The van der Waals surface area contributed by atoms with Crippen molar-refractivity contribution in [3.05, 3.63) is 47.8 Å². The van der Waals surface area contributed by atoms with E-state index in [0.29, 0.717) is 11.3 Å². The second-order valence-electron chi connectivity index (χ2n) is 4.53. The lowest BCUT2D eigenvalue weighted by molar-refractivity contribution is 0.348. The molecular weight excluding hydrogens is 201 g/mol. The van der Waals surface area contributed by atoms with Crippen LogP contribution >= 0.6 is 0 Å². The lowest BCUT2D eigenvalue weighted by Crippen LogP contribution is -2.37. The maximum Gasteiger partial charge on any atom is 0.131 e. The molecule has 2 heteroatoms. The van der Waals surface area contributed by atoms with Crippen LogP contribution in [0.3, 0.4) is 0 Å². The lowest BCUT2D eigenvalue weighted by Gasteiger charge is -2.34. The molecule has 1 aliphatic carbocycles. The Bertz CT molecular complexity index is 535. The number of rotatable bonds is 1. The highest BCUT2D eigenvalue weighted by molar-refractivity contribution is 5.86. The number of hydrogen-bond acceptors (Lipinski definition) is 1. The first-order valence-electron chi connectivity index (χ1n) is 5.70. The van der Waals surface area contributed by atoms with Crippen LogP contribution in [0.4, 0.5) is 4.39 Å². The predicted molar refractivity (Wildman–Crippen MR) is 63.9 cm³/mol. The van der Waals surface area contributed by atoms with Crippen molar-refractivity contribution in [3.8, 4) is 0 Å². The van der Waals surface area contributed by atoms with Gasteiger partial charge in [-0.2, -0.15) is 0 Å². The molecule has 1 aliphatic rings. The molecule has 2 aromatic rings. The molecule has 1 saturated carbocycles. The van der Waals surface area contributed by atoms with Crippen molar-refractivity contribution < 1.29 is 4.39 Å². The van der Waals surface area contributed by atoms with Crippen molar-refractivity contribution in [2.24, 2.45) is 5.73 Å². The molecular formula is C14H14FN. The van der Waals surface area contributed by atoms with E-state index in [9.17, 15) is 4.39 Å².